The largest absolute Gasteiger partial charge is 0.327 e. The van der Waals surface area contributed by atoms with E-state index < -0.39 is 6.04 Å². The maximum Gasteiger partial charge on any atom is 0.251 e. The molecule has 3 aromatic carbocycles. The molecular formula is C26H23N3O2S. The molecule has 1 atom stereocenters. The summed E-state index contributed by atoms with van der Waals surface area (Å²) in [6, 6.07) is 24.7. The average Bonchev–Trinajstić information content (AvgIpc) is 3.26. The molecule has 0 saturated carbocycles. The number of rotatable bonds is 5. The first-order chi connectivity index (χ1) is 15.7. The predicted molar refractivity (Wildman–Crippen MR) is 128 cm³/mol. The maximum absolute atomic E-state index is 13.4. The van der Waals surface area contributed by atoms with E-state index in [0.717, 1.165) is 39.2 Å². The van der Waals surface area contributed by atoms with Gasteiger partial charge in [-0.1, -0.05) is 54.6 Å². The van der Waals surface area contributed by atoms with E-state index in [-0.39, 0.29) is 11.8 Å². The Morgan fingerprint density at radius 2 is 1.78 bits per heavy atom. The van der Waals surface area contributed by atoms with Crippen molar-refractivity contribution in [1.29, 1.82) is 0 Å². The number of nitrogens with one attached hydrogen (secondary N) is 1. The number of anilines is 1. The van der Waals surface area contributed by atoms with Gasteiger partial charge in [-0.3, -0.25) is 9.59 Å². The van der Waals surface area contributed by atoms with E-state index in [1.807, 2.05) is 72.8 Å². The lowest BCUT2D eigenvalue weighted by Gasteiger charge is -2.34. The molecule has 160 valence electrons. The monoisotopic (exact) mass is 441 g/mol. The Morgan fingerprint density at radius 1 is 0.969 bits per heavy atom. The van der Waals surface area contributed by atoms with E-state index in [0.29, 0.717) is 18.7 Å². The van der Waals surface area contributed by atoms with Gasteiger partial charge in [-0.15, -0.1) is 11.3 Å². The highest BCUT2D eigenvalue weighted by molar-refractivity contribution is 7.21. The Hall–Kier alpha value is -3.51. The number of hydrogen-bond donors (Lipinski definition) is 1. The summed E-state index contributed by atoms with van der Waals surface area (Å²) in [4.78, 5) is 32.5. The topological polar surface area (TPSA) is 62.3 Å². The Bertz CT molecular complexity index is 1240. The molecule has 4 aromatic rings. The second-order valence-electron chi connectivity index (χ2n) is 7.91. The van der Waals surface area contributed by atoms with Crippen molar-refractivity contribution < 1.29 is 9.59 Å². The summed E-state index contributed by atoms with van der Waals surface area (Å²) >= 11 is 1.63. The van der Waals surface area contributed by atoms with Crippen molar-refractivity contribution >= 4 is 39.1 Å². The van der Waals surface area contributed by atoms with Crippen LogP contribution in [0, 0.1) is 0 Å². The van der Waals surface area contributed by atoms with E-state index in [1.54, 1.807) is 16.2 Å². The summed E-state index contributed by atoms with van der Waals surface area (Å²) in [5, 5.41) is 3.96. The molecule has 0 radical (unpaired) electrons. The number of nitrogens with zero attached hydrogens (tertiary/aromatic N) is 2. The quantitative estimate of drug-likeness (QED) is 0.435. The van der Waals surface area contributed by atoms with Crippen molar-refractivity contribution in [1.82, 2.24) is 9.88 Å². The zero-order chi connectivity index (χ0) is 21.9. The van der Waals surface area contributed by atoms with Gasteiger partial charge in [0.2, 0.25) is 5.91 Å². The summed E-state index contributed by atoms with van der Waals surface area (Å²) in [6.07, 6.45) is 2.28. The number of aromatic nitrogens is 1. The van der Waals surface area contributed by atoms with Gasteiger partial charge in [-0.25, -0.2) is 4.98 Å². The fraction of sp³-hybridized carbons (Fsp3) is 0.192. The van der Waals surface area contributed by atoms with Crippen LogP contribution in [0.4, 0.5) is 5.69 Å². The van der Waals surface area contributed by atoms with E-state index in [9.17, 15) is 9.59 Å². The van der Waals surface area contributed by atoms with Gasteiger partial charge in [0.05, 0.1) is 10.2 Å². The number of hydrogen-bond acceptors (Lipinski definition) is 4. The Morgan fingerprint density at radius 3 is 2.59 bits per heavy atom. The molecule has 0 spiro atoms. The number of carbonyl (C=O) groups is 2. The SMILES string of the molecule is O=C(Nc1cccc(-c2nc3ccccc3s2)c1)C(c1ccccc1)N1CCCCC1=O. The van der Waals surface area contributed by atoms with Crippen LogP contribution in [0.1, 0.15) is 30.9 Å². The number of piperidine rings is 1. The summed E-state index contributed by atoms with van der Waals surface area (Å²) in [5.74, 6) is -0.170. The molecule has 6 heteroatoms. The van der Waals surface area contributed by atoms with Crippen molar-refractivity contribution in [2.24, 2.45) is 0 Å². The summed E-state index contributed by atoms with van der Waals surface area (Å²) in [7, 11) is 0. The van der Waals surface area contributed by atoms with Gasteiger partial charge in [-0.2, -0.15) is 0 Å². The number of amides is 2. The van der Waals surface area contributed by atoms with Crippen LogP contribution in [0.2, 0.25) is 0 Å². The minimum absolute atomic E-state index is 0.0310. The minimum atomic E-state index is -0.643. The molecular weight excluding hydrogens is 418 g/mol. The lowest BCUT2D eigenvalue weighted by Crippen LogP contribution is -2.43. The van der Waals surface area contributed by atoms with Crippen molar-refractivity contribution in [2.75, 3.05) is 11.9 Å². The van der Waals surface area contributed by atoms with Crippen LogP contribution in [-0.4, -0.2) is 28.2 Å². The molecule has 0 bridgehead atoms. The first-order valence-electron chi connectivity index (χ1n) is 10.8. The molecule has 1 aliphatic heterocycles. The molecule has 2 amide bonds. The molecule has 1 unspecified atom stereocenters. The van der Waals surface area contributed by atoms with Crippen LogP contribution in [-0.2, 0) is 9.59 Å². The molecule has 1 aliphatic rings. The van der Waals surface area contributed by atoms with Gasteiger partial charge < -0.3 is 10.2 Å². The standard InChI is InChI=1S/C26H23N3O2S/c30-23-15-6-7-16-29(23)24(18-9-2-1-3-10-18)25(31)27-20-12-8-11-19(17-20)26-28-21-13-4-5-14-22(21)32-26/h1-5,8-14,17,24H,6-7,15-16H2,(H,27,31). The Kier molecular flexibility index (Phi) is 5.69. The molecule has 1 N–H and O–H groups in total. The normalized spacial score (nSPS) is 15.0. The number of para-hydroxylation sites is 1. The molecule has 5 nitrogen and oxygen atoms in total. The van der Waals surface area contributed by atoms with Crippen molar-refractivity contribution in [3.8, 4) is 10.6 Å². The van der Waals surface area contributed by atoms with E-state index in [4.69, 9.17) is 4.98 Å². The van der Waals surface area contributed by atoms with Crippen molar-refractivity contribution in [2.45, 2.75) is 25.3 Å². The van der Waals surface area contributed by atoms with Crippen LogP contribution in [0.15, 0.2) is 78.9 Å². The van der Waals surface area contributed by atoms with E-state index in [2.05, 4.69) is 11.4 Å². The third kappa shape index (κ3) is 4.14. The van der Waals surface area contributed by atoms with Gasteiger partial charge in [-0.05, 0) is 42.7 Å². The molecule has 5 rings (SSSR count). The number of likely N-dealkylation sites (tertiary alicyclic amines) is 1. The first-order valence-corrected chi connectivity index (χ1v) is 11.6. The van der Waals surface area contributed by atoms with Crippen LogP contribution < -0.4 is 5.32 Å². The molecule has 1 aromatic heterocycles. The number of fused-ring (bicyclic) bond motifs is 1. The van der Waals surface area contributed by atoms with Crippen LogP contribution >= 0.6 is 11.3 Å². The minimum Gasteiger partial charge on any atom is -0.327 e. The van der Waals surface area contributed by atoms with Crippen molar-refractivity contribution in [3.05, 3.63) is 84.4 Å². The highest BCUT2D eigenvalue weighted by Gasteiger charge is 2.32. The van der Waals surface area contributed by atoms with Crippen LogP contribution in [0.25, 0.3) is 20.8 Å². The zero-order valence-electron chi connectivity index (χ0n) is 17.5. The number of thiazole rings is 1. The molecule has 2 heterocycles. The van der Waals surface area contributed by atoms with Crippen LogP contribution in [0.3, 0.4) is 0 Å². The van der Waals surface area contributed by atoms with Gasteiger partial charge in [0.15, 0.2) is 0 Å². The highest BCUT2D eigenvalue weighted by Crippen LogP contribution is 2.32. The fourth-order valence-corrected chi connectivity index (χ4v) is 5.11. The fourth-order valence-electron chi connectivity index (χ4n) is 4.14. The highest BCUT2D eigenvalue weighted by atomic mass is 32.1. The van der Waals surface area contributed by atoms with E-state index >= 15 is 0 Å². The molecule has 0 aliphatic carbocycles. The van der Waals surface area contributed by atoms with Gasteiger partial charge >= 0.3 is 0 Å². The number of carbonyl (C=O) groups excluding carboxylic acids is 2. The first kappa shape index (κ1) is 20.4. The average molecular weight is 442 g/mol. The summed E-state index contributed by atoms with van der Waals surface area (Å²) in [6.45, 7) is 0.595. The smallest absolute Gasteiger partial charge is 0.251 e. The van der Waals surface area contributed by atoms with Crippen LogP contribution in [0.5, 0.6) is 0 Å². The lowest BCUT2D eigenvalue weighted by atomic mass is 10.0. The van der Waals surface area contributed by atoms with Crippen molar-refractivity contribution in [3.63, 3.8) is 0 Å². The summed E-state index contributed by atoms with van der Waals surface area (Å²) in [5.41, 5.74) is 3.43. The Labute approximate surface area is 190 Å². The zero-order valence-corrected chi connectivity index (χ0v) is 18.3. The lowest BCUT2D eigenvalue weighted by molar-refractivity contribution is -0.141. The van der Waals surface area contributed by atoms with Gasteiger partial charge in [0.25, 0.3) is 5.91 Å². The molecule has 1 fully saturated rings. The number of benzene rings is 3. The maximum atomic E-state index is 13.4. The second kappa shape index (κ2) is 8.93. The third-order valence-corrected chi connectivity index (χ3v) is 6.79. The van der Waals surface area contributed by atoms with Gasteiger partial charge in [0.1, 0.15) is 11.0 Å². The molecule has 32 heavy (non-hydrogen) atoms. The summed E-state index contributed by atoms with van der Waals surface area (Å²) < 4.78 is 1.13. The Balaban J connectivity index is 1.43. The van der Waals surface area contributed by atoms with Gasteiger partial charge in [0, 0.05) is 24.2 Å². The molecule has 1 saturated heterocycles. The van der Waals surface area contributed by atoms with E-state index in [1.165, 1.54) is 0 Å². The predicted octanol–water partition coefficient (Wildman–Crippen LogP) is 5.66. The second-order valence-corrected chi connectivity index (χ2v) is 8.94. The third-order valence-electron chi connectivity index (χ3n) is 5.71.